The van der Waals surface area contributed by atoms with Gasteiger partial charge < -0.3 is 10.2 Å². The van der Waals surface area contributed by atoms with Crippen molar-refractivity contribution < 1.29 is 14.4 Å². The lowest BCUT2D eigenvalue weighted by atomic mass is 10.0. The summed E-state index contributed by atoms with van der Waals surface area (Å²) in [5.41, 5.74) is 0.641. The molecule has 1 N–H and O–H groups in total. The third-order valence-electron chi connectivity index (χ3n) is 4.07. The van der Waals surface area contributed by atoms with Crippen LogP contribution < -0.4 is 5.32 Å². The van der Waals surface area contributed by atoms with Gasteiger partial charge in [-0.3, -0.25) is 14.5 Å². The maximum atomic E-state index is 12.5. The van der Waals surface area contributed by atoms with E-state index in [0.29, 0.717) is 31.5 Å². The van der Waals surface area contributed by atoms with Crippen molar-refractivity contribution in [1.29, 1.82) is 0 Å². The smallest absolute Gasteiger partial charge is 0.324 e. The minimum absolute atomic E-state index is 0.0167. The standard InChI is InChI=1S/C15H16BrN3O3/c16-11-3-1-2-10(8-11)14(21)18-6-4-12(5-7-18)19-13(20)9-17-15(19)22/h1-3,8,12H,4-7,9H2,(H,17,22). The quantitative estimate of drug-likeness (QED) is 0.809. The van der Waals surface area contributed by atoms with Crippen molar-refractivity contribution in [1.82, 2.24) is 15.1 Å². The average Bonchev–Trinajstić information content (AvgIpc) is 2.86. The van der Waals surface area contributed by atoms with Gasteiger partial charge in [0.2, 0.25) is 5.91 Å². The van der Waals surface area contributed by atoms with E-state index in [9.17, 15) is 14.4 Å². The summed E-state index contributed by atoms with van der Waals surface area (Å²) in [7, 11) is 0. The number of amides is 4. The van der Waals surface area contributed by atoms with Gasteiger partial charge in [-0.25, -0.2) is 4.79 Å². The minimum atomic E-state index is -0.318. The van der Waals surface area contributed by atoms with Crippen LogP contribution in [-0.2, 0) is 4.79 Å². The molecule has 0 atom stereocenters. The van der Waals surface area contributed by atoms with E-state index in [2.05, 4.69) is 21.2 Å². The minimum Gasteiger partial charge on any atom is -0.338 e. The summed E-state index contributed by atoms with van der Waals surface area (Å²) in [4.78, 5) is 38.9. The molecule has 2 aliphatic heterocycles. The molecule has 0 spiro atoms. The maximum Gasteiger partial charge on any atom is 0.324 e. The molecule has 2 fully saturated rings. The first-order valence-corrected chi connectivity index (χ1v) is 8.00. The van der Waals surface area contributed by atoms with Gasteiger partial charge in [0.25, 0.3) is 5.91 Å². The van der Waals surface area contributed by atoms with Gasteiger partial charge in [-0.15, -0.1) is 0 Å². The third kappa shape index (κ3) is 2.85. The van der Waals surface area contributed by atoms with Gasteiger partial charge in [0.15, 0.2) is 0 Å². The number of carbonyl (C=O) groups is 3. The van der Waals surface area contributed by atoms with Crippen molar-refractivity contribution in [3.05, 3.63) is 34.3 Å². The van der Waals surface area contributed by atoms with Gasteiger partial charge >= 0.3 is 6.03 Å². The van der Waals surface area contributed by atoms with Crippen molar-refractivity contribution in [3.63, 3.8) is 0 Å². The zero-order valence-electron chi connectivity index (χ0n) is 11.9. The average molecular weight is 366 g/mol. The Morgan fingerprint density at radius 3 is 2.55 bits per heavy atom. The van der Waals surface area contributed by atoms with Crippen molar-refractivity contribution in [3.8, 4) is 0 Å². The second-order valence-corrected chi connectivity index (χ2v) is 6.37. The highest BCUT2D eigenvalue weighted by Crippen LogP contribution is 2.21. The van der Waals surface area contributed by atoms with Crippen LogP contribution in [0.25, 0.3) is 0 Å². The molecular weight excluding hydrogens is 350 g/mol. The Bertz CT molecular complexity index is 610. The Morgan fingerprint density at radius 1 is 1.23 bits per heavy atom. The topological polar surface area (TPSA) is 69.7 Å². The van der Waals surface area contributed by atoms with Gasteiger partial charge in [-0.1, -0.05) is 22.0 Å². The lowest BCUT2D eigenvalue weighted by Gasteiger charge is -2.35. The van der Waals surface area contributed by atoms with Gasteiger partial charge in [0.1, 0.15) is 0 Å². The van der Waals surface area contributed by atoms with Crippen molar-refractivity contribution in [2.24, 2.45) is 0 Å². The highest BCUT2D eigenvalue weighted by molar-refractivity contribution is 9.10. The van der Waals surface area contributed by atoms with Crippen LogP contribution in [0.3, 0.4) is 0 Å². The number of carbonyl (C=O) groups excluding carboxylic acids is 3. The van der Waals surface area contributed by atoms with E-state index in [1.807, 2.05) is 12.1 Å². The zero-order chi connectivity index (χ0) is 15.7. The van der Waals surface area contributed by atoms with Crippen LogP contribution in [0.5, 0.6) is 0 Å². The van der Waals surface area contributed by atoms with Crippen LogP contribution in [0.2, 0.25) is 0 Å². The Balaban J connectivity index is 1.63. The molecule has 0 unspecified atom stereocenters. The molecule has 1 aromatic rings. The second-order valence-electron chi connectivity index (χ2n) is 5.46. The number of hydrogen-bond donors (Lipinski definition) is 1. The molecule has 6 nitrogen and oxygen atoms in total. The molecule has 22 heavy (non-hydrogen) atoms. The molecule has 2 saturated heterocycles. The number of halogens is 1. The van der Waals surface area contributed by atoms with Gasteiger partial charge in [-0.2, -0.15) is 0 Å². The Hall–Kier alpha value is -1.89. The van der Waals surface area contributed by atoms with Crippen LogP contribution in [0.15, 0.2) is 28.7 Å². The van der Waals surface area contributed by atoms with Gasteiger partial charge in [0, 0.05) is 29.2 Å². The summed E-state index contributed by atoms with van der Waals surface area (Å²) >= 11 is 3.36. The van der Waals surface area contributed by atoms with Crippen molar-refractivity contribution in [2.45, 2.75) is 18.9 Å². The summed E-state index contributed by atoms with van der Waals surface area (Å²) in [5, 5.41) is 2.53. The van der Waals surface area contributed by atoms with E-state index < -0.39 is 0 Å². The fraction of sp³-hybridized carbons (Fsp3) is 0.400. The number of urea groups is 1. The summed E-state index contributed by atoms with van der Waals surface area (Å²) in [6.07, 6.45) is 1.25. The van der Waals surface area contributed by atoms with Crippen LogP contribution in [0.4, 0.5) is 4.79 Å². The predicted octanol–water partition coefficient (Wildman–Crippen LogP) is 1.61. The van der Waals surface area contributed by atoms with E-state index >= 15 is 0 Å². The lowest BCUT2D eigenvalue weighted by molar-refractivity contribution is -0.127. The first kappa shape index (κ1) is 15.0. The molecule has 4 amide bonds. The van der Waals surface area contributed by atoms with Crippen LogP contribution in [-0.4, -0.2) is 53.3 Å². The summed E-state index contributed by atoms with van der Waals surface area (Å²) in [5.74, 6) is -0.196. The largest absolute Gasteiger partial charge is 0.338 e. The maximum absolute atomic E-state index is 12.5. The third-order valence-corrected chi connectivity index (χ3v) is 4.56. The molecule has 0 radical (unpaired) electrons. The molecule has 0 saturated carbocycles. The molecular formula is C15H16BrN3O3. The molecule has 0 aromatic heterocycles. The van der Waals surface area contributed by atoms with Crippen molar-refractivity contribution in [2.75, 3.05) is 19.6 Å². The Morgan fingerprint density at radius 2 is 1.95 bits per heavy atom. The van der Waals surface area contributed by atoms with E-state index in [1.165, 1.54) is 4.90 Å². The van der Waals surface area contributed by atoms with Gasteiger partial charge in [-0.05, 0) is 31.0 Å². The summed E-state index contributed by atoms with van der Waals surface area (Å²) in [6, 6.07) is 6.86. The molecule has 2 heterocycles. The second kappa shape index (κ2) is 6.08. The summed E-state index contributed by atoms with van der Waals surface area (Å²) in [6.45, 7) is 1.18. The van der Waals surface area contributed by atoms with E-state index in [-0.39, 0.29) is 30.4 Å². The molecule has 1 aromatic carbocycles. The Labute approximate surface area is 136 Å². The molecule has 3 rings (SSSR count). The zero-order valence-corrected chi connectivity index (χ0v) is 13.5. The SMILES string of the molecule is O=C(c1cccc(Br)c1)N1CCC(N2C(=O)CNC2=O)CC1. The first-order chi connectivity index (χ1) is 10.6. The van der Waals surface area contributed by atoms with Crippen molar-refractivity contribution >= 4 is 33.8 Å². The van der Waals surface area contributed by atoms with E-state index in [1.54, 1.807) is 17.0 Å². The summed E-state index contributed by atoms with van der Waals surface area (Å²) < 4.78 is 0.868. The molecule has 0 aliphatic carbocycles. The molecule has 116 valence electrons. The first-order valence-electron chi connectivity index (χ1n) is 7.21. The number of imide groups is 1. The number of piperidine rings is 1. The number of likely N-dealkylation sites (tertiary alicyclic amines) is 1. The predicted molar refractivity (Wildman–Crippen MR) is 83.3 cm³/mol. The number of benzene rings is 1. The van der Waals surface area contributed by atoms with E-state index in [4.69, 9.17) is 0 Å². The highest BCUT2D eigenvalue weighted by atomic mass is 79.9. The molecule has 7 heteroatoms. The number of nitrogens with zero attached hydrogens (tertiary/aromatic N) is 2. The van der Waals surface area contributed by atoms with Gasteiger partial charge in [0.05, 0.1) is 6.54 Å². The van der Waals surface area contributed by atoms with Crippen LogP contribution in [0, 0.1) is 0 Å². The fourth-order valence-corrected chi connectivity index (χ4v) is 3.33. The monoisotopic (exact) mass is 365 g/mol. The Kier molecular flexibility index (Phi) is 4.15. The van der Waals surface area contributed by atoms with Crippen LogP contribution in [0.1, 0.15) is 23.2 Å². The normalized spacial score (nSPS) is 19.5. The number of hydrogen-bond acceptors (Lipinski definition) is 3. The number of rotatable bonds is 2. The van der Waals surface area contributed by atoms with E-state index in [0.717, 1.165) is 4.47 Å². The number of nitrogens with one attached hydrogen (secondary N) is 1. The lowest BCUT2D eigenvalue weighted by Crippen LogP contribution is -2.49. The molecule has 0 bridgehead atoms. The fourth-order valence-electron chi connectivity index (χ4n) is 2.94. The molecule has 2 aliphatic rings. The highest BCUT2D eigenvalue weighted by Gasteiger charge is 2.37. The van der Waals surface area contributed by atoms with Crippen LogP contribution >= 0.6 is 15.9 Å².